The Balaban J connectivity index is 1.33. The van der Waals surface area contributed by atoms with Crippen molar-refractivity contribution in [3.63, 3.8) is 0 Å². The Morgan fingerprint density at radius 2 is 1.88 bits per heavy atom. The predicted molar refractivity (Wildman–Crippen MR) is 119 cm³/mol. The van der Waals surface area contributed by atoms with E-state index in [9.17, 15) is 13.2 Å². The summed E-state index contributed by atoms with van der Waals surface area (Å²) in [5.74, 6) is 0.492. The van der Waals surface area contributed by atoms with Gasteiger partial charge in [0.1, 0.15) is 12.0 Å². The van der Waals surface area contributed by atoms with Gasteiger partial charge in [0.25, 0.3) is 0 Å². The van der Waals surface area contributed by atoms with Crippen molar-refractivity contribution in [2.75, 3.05) is 19.8 Å². The van der Waals surface area contributed by atoms with Gasteiger partial charge in [0.2, 0.25) is 15.9 Å². The molecule has 174 valence electrons. The molecule has 2 fully saturated rings. The molecule has 1 amide bonds. The molecule has 0 bridgehead atoms. The van der Waals surface area contributed by atoms with Gasteiger partial charge in [-0.2, -0.15) is 0 Å². The minimum absolute atomic E-state index is 0.0446. The number of sulfonamides is 1. The lowest BCUT2D eigenvalue weighted by Gasteiger charge is -2.41. The van der Waals surface area contributed by atoms with Crippen molar-refractivity contribution in [2.24, 2.45) is 11.8 Å². The van der Waals surface area contributed by atoms with Crippen LogP contribution in [0.15, 0.2) is 46.2 Å². The lowest BCUT2D eigenvalue weighted by Crippen LogP contribution is -2.53. The molecule has 2 heterocycles. The summed E-state index contributed by atoms with van der Waals surface area (Å²) in [5.41, 5.74) is 1.45. The Kier molecular flexibility index (Phi) is 6.97. The first kappa shape index (κ1) is 22.9. The zero-order valence-electron chi connectivity index (χ0n) is 18.6. The van der Waals surface area contributed by atoms with Gasteiger partial charge in [0.05, 0.1) is 24.2 Å². The van der Waals surface area contributed by atoms with Crippen molar-refractivity contribution in [2.45, 2.75) is 56.5 Å². The van der Waals surface area contributed by atoms with Gasteiger partial charge in [-0.15, -0.1) is 0 Å². The number of oxazole rings is 1. The highest BCUT2D eigenvalue weighted by atomic mass is 32.2. The van der Waals surface area contributed by atoms with E-state index >= 15 is 0 Å². The Hall–Kier alpha value is -2.23. The molecule has 1 saturated carbocycles. The fourth-order valence-electron chi connectivity index (χ4n) is 4.59. The molecule has 1 atom stereocenters. The van der Waals surface area contributed by atoms with Gasteiger partial charge in [-0.05, 0) is 43.7 Å². The monoisotopic (exact) mass is 461 g/mol. The normalized spacial score (nSPS) is 24.6. The molecule has 1 aliphatic heterocycles. The Morgan fingerprint density at radius 3 is 2.50 bits per heavy atom. The lowest BCUT2D eigenvalue weighted by molar-refractivity contribution is -0.147. The molecule has 0 unspecified atom stereocenters. The minimum Gasteiger partial charge on any atom is -0.451 e. The largest absolute Gasteiger partial charge is 0.451 e. The van der Waals surface area contributed by atoms with Crippen LogP contribution < -0.4 is 4.72 Å². The molecule has 0 spiro atoms. The standard InChI is InChI=1S/C23H31N3O5S/c1-16(2)22-14-30-12-11-26(22)23(27)18-3-7-19(8-4-18)25-32(28,29)20-9-5-17(6-10-20)21-13-31-15-24-21/h5-6,9-10,13,15-16,18-19,22,25H,3-4,7-8,11-12,14H2,1-2H3/t18?,19?,22-/m1/s1. The van der Waals surface area contributed by atoms with E-state index in [1.807, 2.05) is 4.90 Å². The number of nitrogens with zero attached hydrogens (tertiary/aromatic N) is 2. The van der Waals surface area contributed by atoms with E-state index in [1.165, 1.54) is 12.7 Å². The lowest BCUT2D eigenvalue weighted by atomic mass is 9.85. The number of nitrogens with one attached hydrogen (secondary N) is 1. The number of ether oxygens (including phenoxy) is 1. The minimum atomic E-state index is -3.63. The maximum atomic E-state index is 13.1. The van der Waals surface area contributed by atoms with Crippen LogP contribution >= 0.6 is 0 Å². The quantitative estimate of drug-likeness (QED) is 0.709. The van der Waals surface area contributed by atoms with Crippen molar-refractivity contribution in [1.82, 2.24) is 14.6 Å². The second-order valence-electron chi connectivity index (χ2n) is 8.99. The number of aromatic nitrogens is 1. The summed E-state index contributed by atoms with van der Waals surface area (Å²) in [6.07, 6.45) is 5.55. The van der Waals surface area contributed by atoms with Crippen LogP contribution in [0.1, 0.15) is 39.5 Å². The van der Waals surface area contributed by atoms with E-state index in [4.69, 9.17) is 9.15 Å². The van der Waals surface area contributed by atoms with Crippen LogP contribution in [0.2, 0.25) is 0 Å². The van der Waals surface area contributed by atoms with Crippen molar-refractivity contribution in [1.29, 1.82) is 0 Å². The summed E-state index contributed by atoms with van der Waals surface area (Å²) < 4.78 is 39.1. The molecule has 0 radical (unpaired) electrons. The van der Waals surface area contributed by atoms with Crippen LogP contribution in [-0.2, 0) is 19.6 Å². The van der Waals surface area contributed by atoms with Crippen LogP contribution in [0, 0.1) is 11.8 Å². The number of carbonyl (C=O) groups is 1. The van der Waals surface area contributed by atoms with Crippen LogP contribution in [-0.4, -0.2) is 56.1 Å². The Labute approximate surface area is 189 Å². The zero-order chi connectivity index (χ0) is 22.7. The van der Waals surface area contributed by atoms with Gasteiger partial charge in [0, 0.05) is 24.1 Å². The average Bonchev–Trinajstić information content (AvgIpc) is 3.34. The van der Waals surface area contributed by atoms with E-state index in [2.05, 4.69) is 23.6 Å². The SMILES string of the molecule is CC(C)[C@H]1COCCN1C(=O)C1CCC(NS(=O)(=O)c2ccc(-c3cocn3)cc2)CC1. The molecular weight excluding hydrogens is 430 g/mol. The maximum Gasteiger partial charge on any atom is 0.240 e. The van der Waals surface area contributed by atoms with Crippen LogP contribution in [0.5, 0.6) is 0 Å². The van der Waals surface area contributed by atoms with Crippen LogP contribution in [0.25, 0.3) is 11.3 Å². The first-order valence-electron chi connectivity index (χ1n) is 11.2. The third kappa shape index (κ3) is 5.05. The zero-order valence-corrected chi connectivity index (χ0v) is 19.4. The van der Waals surface area contributed by atoms with Crippen LogP contribution in [0.3, 0.4) is 0 Å². The number of benzene rings is 1. The van der Waals surface area contributed by atoms with Gasteiger partial charge in [-0.1, -0.05) is 26.0 Å². The summed E-state index contributed by atoms with van der Waals surface area (Å²) in [6.45, 7) is 6.04. The van der Waals surface area contributed by atoms with Crippen molar-refractivity contribution in [3.8, 4) is 11.3 Å². The summed E-state index contributed by atoms with van der Waals surface area (Å²) in [7, 11) is -3.63. The second-order valence-corrected chi connectivity index (χ2v) is 10.7. The highest BCUT2D eigenvalue weighted by molar-refractivity contribution is 7.89. The Bertz CT molecular complexity index is 997. The molecule has 1 N–H and O–H groups in total. The predicted octanol–water partition coefficient (Wildman–Crippen LogP) is 3.06. The van der Waals surface area contributed by atoms with Gasteiger partial charge in [-0.25, -0.2) is 18.1 Å². The molecular formula is C23H31N3O5S. The van der Waals surface area contributed by atoms with Crippen molar-refractivity contribution >= 4 is 15.9 Å². The summed E-state index contributed by atoms with van der Waals surface area (Å²) in [6, 6.07) is 6.54. The summed E-state index contributed by atoms with van der Waals surface area (Å²) in [5, 5.41) is 0. The van der Waals surface area contributed by atoms with Crippen molar-refractivity contribution in [3.05, 3.63) is 36.9 Å². The molecule has 9 heteroatoms. The second kappa shape index (κ2) is 9.72. The topological polar surface area (TPSA) is 102 Å². The van der Waals surface area contributed by atoms with E-state index in [1.54, 1.807) is 24.3 Å². The number of amides is 1. The highest BCUT2D eigenvalue weighted by Crippen LogP contribution is 2.29. The van der Waals surface area contributed by atoms with Gasteiger partial charge in [-0.3, -0.25) is 4.79 Å². The fraction of sp³-hybridized carbons (Fsp3) is 0.565. The number of carbonyl (C=O) groups excluding carboxylic acids is 1. The average molecular weight is 462 g/mol. The molecule has 1 aliphatic carbocycles. The van der Waals surface area contributed by atoms with E-state index in [0.717, 1.165) is 5.56 Å². The molecule has 4 rings (SSSR count). The number of hydrogen-bond donors (Lipinski definition) is 1. The molecule has 8 nitrogen and oxygen atoms in total. The van der Waals surface area contributed by atoms with Crippen LogP contribution in [0.4, 0.5) is 0 Å². The summed E-state index contributed by atoms with van der Waals surface area (Å²) >= 11 is 0. The fourth-order valence-corrected chi connectivity index (χ4v) is 5.89. The molecule has 1 aromatic carbocycles. The van der Waals surface area contributed by atoms with Gasteiger partial charge in [0.15, 0.2) is 6.39 Å². The number of hydrogen-bond acceptors (Lipinski definition) is 6. The number of morpholine rings is 1. The third-order valence-corrected chi connectivity index (χ3v) is 8.05. The van der Waals surface area contributed by atoms with Gasteiger partial charge >= 0.3 is 0 Å². The highest BCUT2D eigenvalue weighted by Gasteiger charge is 2.36. The third-order valence-electron chi connectivity index (χ3n) is 6.51. The van der Waals surface area contributed by atoms with E-state index in [-0.39, 0.29) is 28.8 Å². The van der Waals surface area contributed by atoms with E-state index < -0.39 is 10.0 Å². The molecule has 1 saturated heterocycles. The molecule has 2 aliphatic rings. The van der Waals surface area contributed by atoms with E-state index in [0.29, 0.717) is 57.1 Å². The number of rotatable bonds is 6. The first-order chi connectivity index (χ1) is 15.3. The smallest absolute Gasteiger partial charge is 0.240 e. The van der Waals surface area contributed by atoms with Crippen molar-refractivity contribution < 1.29 is 22.4 Å². The summed E-state index contributed by atoms with van der Waals surface area (Å²) in [4.78, 5) is 19.4. The first-order valence-corrected chi connectivity index (χ1v) is 12.7. The van der Waals surface area contributed by atoms with Gasteiger partial charge < -0.3 is 14.1 Å². The molecule has 32 heavy (non-hydrogen) atoms. The molecule has 2 aromatic rings. The Morgan fingerprint density at radius 1 is 1.16 bits per heavy atom. The maximum absolute atomic E-state index is 13.1. The molecule has 1 aromatic heterocycles.